The lowest BCUT2D eigenvalue weighted by Crippen LogP contribution is -2.11. The molecule has 0 saturated carbocycles. The summed E-state index contributed by atoms with van der Waals surface area (Å²) in [4.78, 5) is 11.9. The molecule has 0 aliphatic carbocycles. The van der Waals surface area contributed by atoms with Gasteiger partial charge in [-0.3, -0.25) is 0 Å². The Morgan fingerprint density at radius 1 is 1.00 bits per heavy atom. The van der Waals surface area contributed by atoms with E-state index in [2.05, 4.69) is 48.5 Å². The Morgan fingerprint density at radius 3 is 1.96 bits per heavy atom. The van der Waals surface area contributed by atoms with Crippen LogP contribution < -0.4 is 0 Å². The predicted octanol–water partition coefficient (Wildman–Crippen LogP) is 5.49. The maximum atomic E-state index is 11.9. The molecule has 3 heteroatoms. The minimum absolute atomic E-state index is 0.224. The molecule has 1 fully saturated rings. The van der Waals surface area contributed by atoms with Crippen LogP contribution in [0.1, 0.15) is 41.4 Å². The summed E-state index contributed by atoms with van der Waals surface area (Å²) in [6.45, 7) is 2.26. The summed E-state index contributed by atoms with van der Waals surface area (Å²) in [5.41, 5.74) is 3.81. The van der Waals surface area contributed by atoms with E-state index >= 15 is 0 Å². The Labute approximate surface area is 147 Å². The largest absolute Gasteiger partial charge is 0.463 e. The molecule has 3 rings (SSSR count). The maximum Gasteiger partial charge on any atom is 0.330 e. The molecule has 24 heavy (non-hydrogen) atoms. The average Bonchev–Trinajstić information content (AvgIpc) is 2.63. The lowest BCUT2D eigenvalue weighted by molar-refractivity contribution is -0.137. The first kappa shape index (κ1) is 16.8. The number of hydrogen-bond donors (Lipinski definition) is 0. The number of thioether (sulfide) groups is 1. The van der Waals surface area contributed by atoms with Gasteiger partial charge in [0.25, 0.3) is 0 Å². The smallest absolute Gasteiger partial charge is 0.330 e. The lowest BCUT2D eigenvalue weighted by atomic mass is 9.96. The molecule has 1 saturated heterocycles. The number of carbonyl (C=O) groups is 1. The van der Waals surface area contributed by atoms with E-state index in [0.717, 1.165) is 12.8 Å². The molecule has 2 aromatic carbocycles. The topological polar surface area (TPSA) is 26.3 Å². The van der Waals surface area contributed by atoms with Crippen LogP contribution in [0, 0.1) is 0 Å². The summed E-state index contributed by atoms with van der Waals surface area (Å²) in [5.74, 6) is -0.224. The van der Waals surface area contributed by atoms with Gasteiger partial charge in [-0.1, -0.05) is 66.2 Å². The van der Waals surface area contributed by atoms with E-state index in [1.54, 1.807) is 6.08 Å². The van der Waals surface area contributed by atoms with Crippen molar-refractivity contribution in [2.45, 2.75) is 30.3 Å². The van der Waals surface area contributed by atoms with E-state index in [1.807, 2.05) is 30.8 Å². The van der Waals surface area contributed by atoms with E-state index in [0.29, 0.717) is 17.1 Å². The van der Waals surface area contributed by atoms with Crippen molar-refractivity contribution < 1.29 is 9.53 Å². The summed E-state index contributed by atoms with van der Waals surface area (Å²) in [6.07, 6.45) is 3.50. The maximum absolute atomic E-state index is 11.9. The van der Waals surface area contributed by atoms with Gasteiger partial charge < -0.3 is 4.74 Å². The molecule has 124 valence electrons. The molecule has 0 unspecified atom stereocenters. The SMILES string of the molecule is CCOC(=O)C=C1C[C@@H](c2ccccc2)S[C@@H](c2ccccc2)C1. The van der Waals surface area contributed by atoms with Crippen LogP contribution in [0.3, 0.4) is 0 Å². The quantitative estimate of drug-likeness (QED) is 0.545. The molecule has 1 aliphatic rings. The van der Waals surface area contributed by atoms with E-state index in [4.69, 9.17) is 4.74 Å². The Balaban J connectivity index is 1.87. The highest BCUT2D eigenvalue weighted by atomic mass is 32.2. The zero-order valence-corrected chi connectivity index (χ0v) is 14.7. The fourth-order valence-corrected chi connectivity index (χ4v) is 4.70. The van der Waals surface area contributed by atoms with Gasteiger partial charge in [0.1, 0.15) is 0 Å². The van der Waals surface area contributed by atoms with Crippen molar-refractivity contribution in [3.05, 3.63) is 83.4 Å². The van der Waals surface area contributed by atoms with Gasteiger partial charge in [-0.05, 0) is 30.9 Å². The fourth-order valence-electron chi connectivity index (χ4n) is 3.05. The highest BCUT2D eigenvalue weighted by Crippen LogP contribution is 2.51. The van der Waals surface area contributed by atoms with Gasteiger partial charge in [-0.15, -0.1) is 11.8 Å². The lowest BCUT2D eigenvalue weighted by Gasteiger charge is -2.31. The molecule has 0 bridgehead atoms. The van der Waals surface area contributed by atoms with Crippen LogP contribution in [0.4, 0.5) is 0 Å². The second-order valence-corrected chi connectivity index (χ2v) is 7.31. The van der Waals surface area contributed by atoms with Crippen molar-refractivity contribution in [2.75, 3.05) is 6.61 Å². The van der Waals surface area contributed by atoms with Crippen LogP contribution in [0.5, 0.6) is 0 Å². The standard InChI is InChI=1S/C21H22O2S/c1-2-23-21(22)15-16-13-19(17-9-5-3-6-10-17)24-20(14-16)18-11-7-4-8-12-18/h3-12,15,19-20H,2,13-14H2,1H3/t19-,20+. The number of allylic oxidation sites excluding steroid dienone is 1. The highest BCUT2D eigenvalue weighted by Gasteiger charge is 2.28. The molecule has 0 amide bonds. The first-order chi connectivity index (χ1) is 11.8. The Morgan fingerprint density at radius 2 is 1.50 bits per heavy atom. The summed E-state index contributed by atoms with van der Waals surface area (Å²) in [7, 11) is 0. The molecular weight excluding hydrogens is 316 g/mol. The molecule has 0 aromatic heterocycles. The third kappa shape index (κ3) is 4.30. The molecule has 0 spiro atoms. The van der Waals surface area contributed by atoms with Crippen LogP contribution in [-0.2, 0) is 9.53 Å². The van der Waals surface area contributed by atoms with Gasteiger partial charge in [0.05, 0.1) is 6.61 Å². The summed E-state index contributed by atoms with van der Waals surface area (Å²) in [5, 5.41) is 0.733. The third-order valence-electron chi connectivity index (χ3n) is 4.17. The van der Waals surface area contributed by atoms with Crippen LogP contribution in [0.2, 0.25) is 0 Å². The second-order valence-electron chi connectivity index (χ2n) is 5.90. The summed E-state index contributed by atoms with van der Waals surface area (Å²) < 4.78 is 5.10. The van der Waals surface area contributed by atoms with Crippen LogP contribution in [0.25, 0.3) is 0 Å². The van der Waals surface area contributed by atoms with Crippen molar-refractivity contribution >= 4 is 17.7 Å². The number of benzene rings is 2. The second kappa shape index (κ2) is 8.20. The van der Waals surface area contributed by atoms with Gasteiger partial charge >= 0.3 is 5.97 Å². The molecule has 2 atom stereocenters. The van der Waals surface area contributed by atoms with Gasteiger partial charge in [0.15, 0.2) is 0 Å². The van der Waals surface area contributed by atoms with Crippen molar-refractivity contribution in [3.8, 4) is 0 Å². The zero-order chi connectivity index (χ0) is 16.8. The van der Waals surface area contributed by atoms with E-state index in [-0.39, 0.29) is 5.97 Å². The molecule has 0 radical (unpaired) electrons. The van der Waals surface area contributed by atoms with E-state index in [9.17, 15) is 4.79 Å². The van der Waals surface area contributed by atoms with E-state index in [1.165, 1.54) is 16.7 Å². The number of hydrogen-bond acceptors (Lipinski definition) is 3. The number of esters is 1. The van der Waals surface area contributed by atoms with Crippen molar-refractivity contribution in [1.82, 2.24) is 0 Å². The third-order valence-corrected chi connectivity index (χ3v) is 5.71. The van der Waals surface area contributed by atoms with Crippen LogP contribution in [-0.4, -0.2) is 12.6 Å². The minimum Gasteiger partial charge on any atom is -0.463 e. The predicted molar refractivity (Wildman–Crippen MR) is 99.9 cm³/mol. The Kier molecular flexibility index (Phi) is 5.76. The van der Waals surface area contributed by atoms with Gasteiger partial charge in [-0.25, -0.2) is 4.79 Å². The normalized spacial score (nSPS) is 22.3. The number of rotatable bonds is 4. The summed E-state index contributed by atoms with van der Waals surface area (Å²) in [6, 6.07) is 21.1. The van der Waals surface area contributed by atoms with Crippen molar-refractivity contribution in [3.63, 3.8) is 0 Å². The van der Waals surface area contributed by atoms with Crippen molar-refractivity contribution in [2.24, 2.45) is 0 Å². The van der Waals surface area contributed by atoms with Gasteiger partial charge in [0, 0.05) is 16.6 Å². The number of ether oxygens (including phenoxy) is 1. The highest BCUT2D eigenvalue weighted by molar-refractivity contribution is 7.99. The van der Waals surface area contributed by atoms with Crippen molar-refractivity contribution in [1.29, 1.82) is 0 Å². The Bertz CT molecular complexity index is 645. The first-order valence-electron chi connectivity index (χ1n) is 8.38. The monoisotopic (exact) mass is 338 g/mol. The molecule has 2 aromatic rings. The molecule has 0 N–H and O–H groups in total. The average molecular weight is 338 g/mol. The Hall–Kier alpha value is -2.00. The molecule has 1 aliphatic heterocycles. The summed E-state index contributed by atoms with van der Waals surface area (Å²) >= 11 is 1.99. The van der Waals surface area contributed by atoms with Crippen LogP contribution >= 0.6 is 11.8 Å². The fraction of sp³-hybridized carbons (Fsp3) is 0.286. The number of carbonyl (C=O) groups excluding carboxylic acids is 1. The minimum atomic E-state index is -0.224. The molecular formula is C21H22O2S. The first-order valence-corrected chi connectivity index (χ1v) is 9.32. The van der Waals surface area contributed by atoms with Crippen LogP contribution in [0.15, 0.2) is 72.3 Å². The zero-order valence-electron chi connectivity index (χ0n) is 13.9. The molecule has 2 nitrogen and oxygen atoms in total. The van der Waals surface area contributed by atoms with Gasteiger partial charge in [-0.2, -0.15) is 0 Å². The van der Waals surface area contributed by atoms with Gasteiger partial charge in [0.2, 0.25) is 0 Å². The van der Waals surface area contributed by atoms with E-state index < -0.39 is 0 Å². The molecule has 1 heterocycles.